The van der Waals surface area contributed by atoms with Gasteiger partial charge in [-0.25, -0.2) is 9.67 Å². The van der Waals surface area contributed by atoms with Crippen LogP contribution in [0.2, 0.25) is 5.02 Å². The molecule has 0 aliphatic carbocycles. The van der Waals surface area contributed by atoms with Crippen molar-refractivity contribution >= 4 is 11.6 Å². The van der Waals surface area contributed by atoms with E-state index in [9.17, 15) is 0 Å². The average Bonchev–Trinajstić information content (AvgIpc) is 2.65. The average molecular weight is 220 g/mol. The number of pyridine rings is 1. The van der Waals surface area contributed by atoms with Crippen LogP contribution in [0.25, 0.3) is 0 Å². The zero-order valence-corrected chi connectivity index (χ0v) is 8.39. The Hall–Kier alpha value is -1.93. The monoisotopic (exact) mass is 219 g/mol. The minimum atomic E-state index is 0.150. The van der Waals surface area contributed by atoms with Crippen molar-refractivity contribution in [3.05, 3.63) is 41.2 Å². The summed E-state index contributed by atoms with van der Waals surface area (Å²) in [5, 5.41) is 13.1. The van der Waals surface area contributed by atoms with Crippen molar-refractivity contribution in [2.75, 3.05) is 0 Å². The van der Waals surface area contributed by atoms with E-state index in [0.29, 0.717) is 11.6 Å². The van der Waals surface area contributed by atoms with Crippen molar-refractivity contribution in [3.63, 3.8) is 0 Å². The van der Waals surface area contributed by atoms with Gasteiger partial charge in [-0.15, -0.1) is 5.10 Å². The molecule has 2 rings (SSSR count). The maximum absolute atomic E-state index is 8.54. The molecular formula is C9H6ClN5. The van der Waals surface area contributed by atoms with Crippen LogP contribution >= 0.6 is 11.6 Å². The predicted octanol–water partition coefficient (Wildman–Crippen LogP) is 1.25. The lowest BCUT2D eigenvalue weighted by Gasteiger charge is -1.99. The Labute approximate surface area is 91.0 Å². The van der Waals surface area contributed by atoms with Crippen LogP contribution in [-0.4, -0.2) is 19.7 Å². The topological polar surface area (TPSA) is 67.4 Å². The fraction of sp³-hybridized carbons (Fsp3) is 0.111. The van der Waals surface area contributed by atoms with Gasteiger partial charge in [0.15, 0.2) is 0 Å². The summed E-state index contributed by atoms with van der Waals surface area (Å²) in [6, 6.07) is 5.30. The third kappa shape index (κ3) is 2.30. The first kappa shape index (κ1) is 9.62. The van der Waals surface area contributed by atoms with E-state index < -0.39 is 0 Å². The second kappa shape index (κ2) is 4.07. The summed E-state index contributed by atoms with van der Waals surface area (Å²) in [6.45, 7) is 0.454. The first-order valence-corrected chi connectivity index (χ1v) is 4.56. The van der Waals surface area contributed by atoms with Crippen molar-refractivity contribution in [1.29, 1.82) is 5.26 Å². The van der Waals surface area contributed by atoms with Crippen LogP contribution in [0, 0.1) is 11.3 Å². The fourth-order valence-electron chi connectivity index (χ4n) is 1.12. The molecule has 0 saturated heterocycles. The molecule has 0 N–H and O–H groups in total. The van der Waals surface area contributed by atoms with Crippen LogP contribution in [0.15, 0.2) is 24.7 Å². The van der Waals surface area contributed by atoms with Crippen molar-refractivity contribution < 1.29 is 0 Å². The second-order valence-electron chi connectivity index (χ2n) is 2.84. The summed E-state index contributed by atoms with van der Waals surface area (Å²) in [5.74, 6) is 0.150. The van der Waals surface area contributed by atoms with Gasteiger partial charge in [0.05, 0.1) is 12.2 Å². The van der Waals surface area contributed by atoms with Crippen LogP contribution in [0.5, 0.6) is 0 Å². The van der Waals surface area contributed by atoms with Gasteiger partial charge in [-0.1, -0.05) is 11.6 Å². The van der Waals surface area contributed by atoms with Crippen LogP contribution in [-0.2, 0) is 6.54 Å². The molecule has 0 aliphatic heterocycles. The van der Waals surface area contributed by atoms with E-state index in [-0.39, 0.29) is 5.82 Å². The number of rotatable bonds is 2. The molecule has 6 heteroatoms. The highest BCUT2D eigenvalue weighted by Crippen LogP contribution is 2.08. The molecule has 5 nitrogen and oxygen atoms in total. The summed E-state index contributed by atoms with van der Waals surface area (Å²) in [7, 11) is 0. The van der Waals surface area contributed by atoms with Gasteiger partial charge in [-0.2, -0.15) is 5.26 Å². The van der Waals surface area contributed by atoms with Crippen molar-refractivity contribution in [3.8, 4) is 6.07 Å². The van der Waals surface area contributed by atoms with Gasteiger partial charge in [0.1, 0.15) is 12.4 Å². The lowest BCUT2D eigenvalue weighted by atomic mass is 10.3. The normalized spacial score (nSPS) is 9.87. The molecule has 0 atom stereocenters. The van der Waals surface area contributed by atoms with Crippen molar-refractivity contribution in [2.45, 2.75) is 6.54 Å². The molecule has 0 amide bonds. The summed E-state index contributed by atoms with van der Waals surface area (Å²) in [6.07, 6.45) is 3.11. The number of hydrogen-bond donors (Lipinski definition) is 0. The Morgan fingerprint density at radius 3 is 3.00 bits per heavy atom. The molecule has 0 saturated carbocycles. The van der Waals surface area contributed by atoms with Crippen LogP contribution in [0.3, 0.4) is 0 Å². The van der Waals surface area contributed by atoms with Crippen LogP contribution in [0.1, 0.15) is 11.5 Å². The highest BCUT2D eigenvalue weighted by atomic mass is 35.5. The van der Waals surface area contributed by atoms with Gasteiger partial charge in [0, 0.05) is 11.2 Å². The van der Waals surface area contributed by atoms with Gasteiger partial charge >= 0.3 is 0 Å². The Bertz CT molecular complexity index is 513. The molecule has 0 fully saturated rings. The van der Waals surface area contributed by atoms with Crippen LogP contribution < -0.4 is 0 Å². The fourth-order valence-corrected chi connectivity index (χ4v) is 1.31. The summed E-state index contributed by atoms with van der Waals surface area (Å²) in [5.41, 5.74) is 0.775. The quantitative estimate of drug-likeness (QED) is 0.762. The van der Waals surface area contributed by atoms with Gasteiger partial charge in [0.25, 0.3) is 5.82 Å². The summed E-state index contributed by atoms with van der Waals surface area (Å²) < 4.78 is 1.54. The molecule has 0 unspecified atom stereocenters. The molecule has 0 aliphatic rings. The van der Waals surface area contributed by atoms with E-state index in [4.69, 9.17) is 16.9 Å². The minimum absolute atomic E-state index is 0.150. The van der Waals surface area contributed by atoms with Gasteiger partial charge in [0.2, 0.25) is 0 Å². The van der Waals surface area contributed by atoms with Gasteiger partial charge < -0.3 is 0 Å². The number of aromatic nitrogens is 4. The number of nitriles is 1. The zero-order valence-electron chi connectivity index (χ0n) is 7.63. The Kier molecular flexibility index (Phi) is 2.61. The number of hydrogen-bond acceptors (Lipinski definition) is 4. The maximum Gasteiger partial charge on any atom is 0.252 e. The third-order valence-corrected chi connectivity index (χ3v) is 1.97. The maximum atomic E-state index is 8.54. The van der Waals surface area contributed by atoms with E-state index in [1.165, 1.54) is 11.0 Å². The molecule has 15 heavy (non-hydrogen) atoms. The largest absolute Gasteiger partial charge is 0.259 e. The first-order valence-electron chi connectivity index (χ1n) is 4.18. The van der Waals surface area contributed by atoms with Crippen molar-refractivity contribution in [1.82, 2.24) is 19.7 Å². The first-order chi connectivity index (χ1) is 7.28. The lowest BCUT2D eigenvalue weighted by molar-refractivity contribution is 0.668. The van der Waals surface area contributed by atoms with Gasteiger partial charge in [-0.3, -0.25) is 4.98 Å². The summed E-state index contributed by atoms with van der Waals surface area (Å²) in [4.78, 5) is 7.90. The number of nitrogens with zero attached hydrogens (tertiary/aromatic N) is 5. The van der Waals surface area contributed by atoms with E-state index in [1.807, 2.05) is 6.07 Å². The van der Waals surface area contributed by atoms with E-state index in [2.05, 4.69) is 15.1 Å². The van der Waals surface area contributed by atoms with Crippen molar-refractivity contribution in [2.24, 2.45) is 0 Å². The molecule has 0 radical (unpaired) electrons. The molecule has 0 spiro atoms. The van der Waals surface area contributed by atoms with E-state index in [0.717, 1.165) is 5.69 Å². The highest BCUT2D eigenvalue weighted by molar-refractivity contribution is 6.30. The third-order valence-electron chi connectivity index (χ3n) is 1.74. The Balaban J connectivity index is 2.19. The molecule has 2 aromatic rings. The van der Waals surface area contributed by atoms with E-state index in [1.54, 1.807) is 18.3 Å². The summed E-state index contributed by atoms with van der Waals surface area (Å²) >= 11 is 5.81. The van der Waals surface area contributed by atoms with Gasteiger partial charge in [-0.05, 0) is 12.1 Å². The molecule has 0 bridgehead atoms. The molecular weight excluding hydrogens is 214 g/mol. The molecule has 74 valence electrons. The second-order valence-corrected chi connectivity index (χ2v) is 3.28. The Morgan fingerprint density at radius 1 is 1.47 bits per heavy atom. The standard InChI is InChI=1S/C9H6ClN5/c10-7-1-2-12-8(3-7)5-15-6-13-9(4-11)14-15/h1-3,6H,5H2. The smallest absolute Gasteiger partial charge is 0.252 e. The molecule has 0 aromatic carbocycles. The number of halogens is 1. The zero-order chi connectivity index (χ0) is 10.7. The van der Waals surface area contributed by atoms with Crippen LogP contribution in [0.4, 0.5) is 0 Å². The Morgan fingerprint density at radius 2 is 2.33 bits per heavy atom. The molecule has 2 heterocycles. The SMILES string of the molecule is N#Cc1ncn(Cc2cc(Cl)ccn2)n1. The minimum Gasteiger partial charge on any atom is -0.259 e. The lowest BCUT2D eigenvalue weighted by Crippen LogP contribution is -2.02. The molecule has 2 aromatic heterocycles. The highest BCUT2D eigenvalue weighted by Gasteiger charge is 2.01. The van der Waals surface area contributed by atoms with E-state index >= 15 is 0 Å². The predicted molar refractivity (Wildman–Crippen MR) is 53.1 cm³/mol.